The average molecular weight is 282 g/mol. The molecule has 0 aliphatic heterocycles. The third-order valence-electron chi connectivity index (χ3n) is 3.29. The summed E-state index contributed by atoms with van der Waals surface area (Å²) in [4.78, 5) is 0. The summed E-state index contributed by atoms with van der Waals surface area (Å²) in [5.74, 6) is 1.51. The van der Waals surface area contributed by atoms with Crippen LogP contribution in [-0.4, -0.2) is 14.2 Å². The van der Waals surface area contributed by atoms with E-state index in [0.29, 0.717) is 5.56 Å². The molecule has 0 heterocycles. The number of ether oxygens (including phenoxy) is 2. The molecule has 0 amide bonds. The number of rotatable bonds is 5. The average Bonchev–Trinajstić information content (AvgIpc) is 2.54. The Morgan fingerprint density at radius 3 is 2.57 bits per heavy atom. The molecule has 4 heteroatoms. The molecule has 0 bridgehead atoms. The summed E-state index contributed by atoms with van der Waals surface area (Å²) in [5, 5.41) is 12.4. The van der Waals surface area contributed by atoms with E-state index in [1.165, 1.54) is 0 Å². The predicted octanol–water partition coefficient (Wildman–Crippen LogP) is 3.75. The molecule has 2 aromatic rings. The molecule has 0 aliphatic rings. The van der Waals surface area contributed by atoms with Crippen LogP contribution < -0.4 is 14.8 Å². The van der Waals surface area contributed by atoms with Crippen LogP contribution in [0.15, 0.2) is 42.5 Å². The zero-order valence-corrected chi connectivity index (χ0v) is 12.4. The van der Waals surface area contributed by atoms with E-state index in [1.807, 2.05) is 43.3 Å². The van der Waals surface area contributed by atoms with E-state index in [2.05, 4.69) is 11.4 Å². The molecule has 1 unspecified atom stereocenters. The maximum Gasteiger partial charge on any atom is 0.142 e. The molecule has 0 spiro atoms. The van der Waals surface area contributed by atoms with Crippen molar-refractivity contribution in [1.82, 2.24) is 0 Å². The standard InChI is InChI=1S/C17H18N2O2/c1-12(14-6-4-5-13(9-14)11-18)19-16-10-15(20-2)7-8-17(16)21-3/h4-10,12,19H,1-3H3. The molecule has 0 saturated heterocycles. The van der Waals surface area contributed by atoms with Crippen LogP contribution in [-0.2, 0) is 0 Å². The van der Waals surface area contributed by atoms with E-state index in [-0.39, 0.29) is 6.04 Å². The van der Waals surface area contributed by atoms with Crippen molar-refractivity contribution in [1.29, 1.82) is 5.26 Å². The molecular formula is C17H18N2O2. The minimum absolute atomic E-state index is 0.0410. The first kappa shape index (κ1) is 14.7. The molecule has 108 valence electrons. The molecule has 0 radical (unpaired) electrons. The van der Waals surface area contributed by atoms with Crippen LogP contribution in [0.5, 0.6) is 11.5 Å². The van der Waals surface area contributed by atoms with E-state index in [0.717, 1.165) is 22.7 Å². The second-order valence-corrected chi connectivity index (χ2v) is 4.67. The van der Waals surface area contributed by atoms with E-state index in [9.17, 15) is 0 Å². The number of nitrogens with zero attached hydrogens (tertiary/aromatic N) is 1. The summed E-state index contributed by atoms with van der Waals surface area (Å²) in [6.07, 6.45) is 0. The lowest BCUT2D eigenvalue weighted by atomic mass is 10.1. The fourth-order valence-corrected chi connectivity index (χ4v) is 2.12. The third-order valence-corrected chi connectivity index (χ3v) is 3.29. The van der Waals surface area contributed by atoms with Gasteiger partial charge in [-0.25, -0.2) is 0 Å². The smallest absolute Gasteiger partial charge is 0.142 e. The lowest BCUT2D eigenvalue weighted by molar-refractivity contribution is 0.404. The van der Waals surface area contributed by atoms with Crippen LogP contribution in [0, 0.1) is 11.3 Å². The molecule has 0 aliphatic carbocycles. The number of hydrogen-bond donors (Lipinski definition) is 1. The quantitative estimate of drug-likeness (QED) is 0.907. The van der Waals surface area contributed by atoms with Crippen LogP contribution >= 0.6 is 0 Å². The van der Waals surface area contributed by atoms with Gasteiger partial charge in [0.1, 0.15) is 11.5 Å². The third kappa shape index (κ3) is 3.46. The van der Waals surface area contributed by atoms with Gasteiger partial charge in [-0.15, -0.1) is 0 Å². The summed E-state index contributed by atoms with van der Waals surface area (Å²) in [6.45, 7) is 2.04. The highest BCUT2D eigenvalue weighted by Crippen LogP contribution is 2.31. The molecule has 2 rings (SSSR count). The Morgan fingerprint density at radius 2 is 1.90 bits per heavy atom. The maximum atomic E-state index is 8.98. The minimum atomic E-state index is 0.0410. The summed E-state index contributed by atoms with van der Waals surface area (Å²) in [5.41, 5.74) is 2.55. The van der Waals surface area contributed by atoms with Gasteiger partial charge in [-0.1, -0.05) is 12.1 Å². The first-order chi connectivity index (χ1) is 10.2. The van der Waals surface area contributed by atoms with Gasteiger partial charge in [-0.05, 0) is 36.8 Å². The fourth-order valence-electron chi connectivity index (χ4n) is 2.12. The minimum Gasteiger partial charge on any atom is -0.497 e. The van der Waals surface area contributed by atoms with E-state index in [1.54, 1.807) is 20.3 Å². The van der Waals surface area contributed by atoms with Crippen LogP contribution in [0.1, 0.15) is 24.1 Å². The van der Waals surface area contributed by atoms with Crippen LogP contribution in [0.4, 0.5) is 5.69 Å². The number of hydrogen-bond acceptors (Lipinski definition) is 4. The highest BCUT2D eigenvalue weighted by Gasteiger charge is 2.10. The van der Waals surface area contributed by atoms with Gasteiger partial charge in [0.15, 0.2) is 0 Å². The monoisotopic (exact) mass is 282 g/mol. The van der Waals surface area contributed by atoms with Gasteiger partial charge < -0.3 is 14.8 Å². The normalized spacial score (nSPS) is 11.3. The highest BCUT2D eigenvalue weighted by molar-refractivity contribution is 5.60. The Balaban J connectivity index is 2.26. The molecule has 0 aromatic heterocycles. The molecule has 21 heavy (non-hydrogen) atoms. The fraction of sp³-hybridized carbons (Fsp3) is 0.235. The zero-order chi connectivity index (χ0) is 15.2. The van der Waals surface area contributed by atoms with Crippen molar-refractivity contribution >= 4 is 5.69 Å². The maximum absolute atomic E-state index is 8.98. The second-order valence-electron chi connectivity index (χ2n) is 4.67. The zero-order valence-electron chi connectivity index (χ0n) is 12.4. The first-order valence-corrected chi connectivity index (χ1v) is 6.66. The van der Waals surface area contributed by atoms with Gasteiger partial charge >= 0.3 is 0 Å². The predicted molar refractivity (Wildman–Crippen MR) is 82.7 cm³/mol. The van der Waals surface area contributed by atoms with Gasteiger partial charge in [-0.2, -0.15) is 5.26 Å². The molecular weight excluding hydrogens is 264 g/mol. The van der Waals surface area contributed by atoms with Crippen LogP contribution in [0.3, 0.4) is 0 Å². The van der Waals surface area contributed by atoms with Crippen LogP contribution in [0.25, 0.3) is 0 Å². The van der Waals surface area contributed by atoms with E-state index < -0.39 is 0 Å². The lowest BCUT2D eigenvalue weighted by Crippen LogP contribution is -2.08. The van der Waals surface area contributed by atoms with Gasteiger partial charge in [0.05, 0.1) is 31.5 Å². The van der Waals surface area contributed by atoms with E-state index in [4.69, 9.17) is 14.7 Å². The van der Waals surface area contributed by atoms with Crippen molar-refractivity contribution in [2.45, 2.75) is 13.0 Å². The molecule has 1 N–H and O–H groups in total. The Morgan fingerprint density at radius 1 is 1.10 bits per heavy atom. The van der Waals surface area contributed by atoms with E-state index >= 15 is 0 Å². The van der Waals surface area contributed by atoms with Crippen molar-refractivity contribution < 1.29 is 9.47 Å². The Labute approximate surface area is 124 Å². The number of methoxy groups -OCH3 is 2. The first-order valence-electron chi connectivity index (χ1n) is 6.66. The number of nitrogens with one attached hydrogen (secondary N) is 1. The summed E-state index contributed by atoms with van der Waals surface area (Å²) < 4.78 is 10.6. The highest BCUT2D eigenvalue weighted by atomic mass is 16.5. The molecule has 1 atom stereocenters. The summed E-state index contributed by atoms with van der Waals surface area (Å²) in [7, 11) is 3.26. The molecule has 2 aromatic carbocycles. The Hall–Kier alpha value is -2.67. The van der Waals surface area contributed by atoms with Crippen LogP contribution in [0.2, 0.25) is 0 Å². The van der Waals surface area contributed by atoms with Crippen molar-refractivity contribution in [3.8, 4) is 17.6 Å². The molecule has 4 nitrogen and oxygen atoms in total. The molecule has 0 fully saturated rings. The van der Waals surface area contributed by atoms with Crippen molar-refractivity contribution in [3.63, 3.8) is 0 Å². The Kier molecular flexibility index (Phi) is 4.68. The number of benzene rings is 2. The summed E-state index contributed by atoms with van der Waals surface area (Å²) >= 11 is 0. The SMILES string of the molecule is COc1ccc(OC)c(NC(C)c2cccc(C#N)c2)c1. The second kappa shape index (κ2) is 6.67. The van der Waals surface area contributed by atoms with Gasteiger partial charge in [0.25, 0.3) is 0 Å². The van der Waals surface area contributed by atoms with Crippen molar-refractivity contribution in [2.75, 3.05) is 19.5 Å². The Bertz CT molecular complexity index is 662. The van der Waals surface area contributed by atoms with Gasteiger partial charge in [0.2, 0.25) is 0 Å². The molecule has 0 saturated carbocycles. The van der Waals surface area contributed by atoms with Gasteiger partial charge in [-0.3, -0.25) is 0 Å². The largest absolute Gasteiger partial charge is 0.497 e. The lowest BCUT2D eigenvalue weighted by Gasteiger charge is -2.18. The van der Waals surface area contributed by atoms with Crippen molar-refractivity contribution in [3.05, 3.63) is 53.6 Å². The summed E-state index contributed by atoms with van der Waals surface area (Å²) in [6, 6.07) is 15.3. The topological polar surface area (TPSA) is 54.3 Å². The number of anilines is 1. The number of nitriles is 1. The van der Waals surface area contributed by atoms with Gasteiger partial charge in [0, 0.05) is 12.1 Å². The van der Waals surface area contributed by atoms with Crippen molar-refractivity contribution in [2.24, 2.45) is 0 Å².